The van der Waals surface area contributed by atoms with E-state index >= 15 is 0 Å². The fraction of sp³-hybridized carbons (Fsp3) is 0.545. The number of rotatable bonds is 8. The lowest BCUT2D eigenvalue weighted by Crippen LogP contribution is -2.32. The maximum absolute atomic E-state index is 5.56. The van der Waals surface area contributed by atoms with Crippen molar-refractivity contribution in [2.75, 3.05) is 45.4 Å². The molecule has 6 nitrogen and oxygen atoms in total. The summed E-state index contributed by atoms with van der Waals surface area (Å²) >= 11 is 4.90. The summed E-state index contributed by atoms with van der Waals surface area (Å²) < 4.78 is 10.1. The van der Waals surface area contributed by atoms with Crippen molar-refractivity contribution in [3.8, 4) is 0 Å². The van der Waals surface area contributed by atoms with Gasteiger partial charge in [0.1, 0.15) is 10.7 Å². The summed E-state index contributed by atoms with van der Waals surface area (Å²) in [4.78, 5) is 10.8. The average molecular weight is 270 g/mol. The zero-order valence-corrected chi connectivity index (χ0v) is 11.4. The zero-order chi connectivity index (χ0) is 13.4. The van der Waals surface area contributed by atoms with E-state index in [1.165, 1.54) is 0 Å². The second-order valence-electron chi connectivity index (χ2n) is 3.58. The highest BCUT2D eigenvalue weighted by atomic mass is 32.1. The Balaban J connectivity index is 2.82. The number of hydrogen-bond donors (Lipinski definition) is 1. The second-order valence-corrected chi connectivity index (χ2v) is 4.02. The first-order valence-corrected chi connectivity index (χ1v) is 5.95. The third-order valence-corrected chi connectivity index (χ3v) is 2.52. The molecule has 1 rings (SSSR count). The van der Waals surface area contributed by atoms with E-state index in [0.717, 1.165) is 0 Å². The Hall–Kier alpha value is -1.31. The van der Waals surface area contributed by atoms with Gasteiger partial charge in [0.25, 0.3) is 0 Å². The van der Waals surface area contributed by atoms with Crippen LogP contribution in [0, 0.1) is 0 Å². The highest BCUT2D eigenvalue weighted by Gasteiger charge is 2.10. The Morgan fingerprint density at radius 2 is 1.94 bits per heavy atom. The first kappa shape index (κ1) is 14.7. The third kappa shape index (κ3) is 4.52. The largest absolute Gasteiger partial charge is 0.388 e. The first-order valence-electron chi connectivity index (χ1n) is 5.54. The summed E-state index contributed by atoms with van der Waals surface area (Å²) in [6, 6.07) is 1.69. The van der Waals surface area contributed by atoms with Crippen molar-refractivity contribution in [3.63, 3.8) is 0 Å². The van der Waals surface area contributed by atoms with Crippen molar-refractivity contribution < 1.29 is 9.47 Å². The van der Waals surface area contributed by atoms with Gasteiger partial charge in [0.05, 0.1) is 13.2 Å². The van der Waals surface area contributed by atoms with Gasteiger partial charge >= 0.3 is 0 Å². The second kappa shape index (κ2) is 7.91. The topological polar surface area (TPSA) is 73.5 Å². The van der Waals surface area contributed by atoms with E-state index in [4.69, 9.17) is 27.4 Å². The van der Waals surface area contributed by atoms with Gasteiger partial charge in [-0.15, -0.1) is 0 Å². The van der Waals surface area contributed by atoms with Gasteiger partial charge in [-0.2, -0.15) is 0 Å². The molecule has 0 amide bonds. The van der Waals surface area contributed by atoms with Crippen LogP contribution in [-0.4, -0.2) is 55.5 Å². The van der Waals surface area contributed by atoms with Gasteiger partial charge in [-0.3, -0.25) is 0 Å². The molecule has 0 radical (unpaired) electrons. The number of anilines is 1. The first-order chi connectivity index (χ1) is 8.69. The Labute approximate surface area is 112 Å². The van der Waals surface area contributed by atoms with Crippen LogP contribution in [0.5, 0.6) is 0 Å². The number of aromatic nitrogens is 2. The van der Waals surface area contributed by atoms with Gasteiger partial charge in [-0.1, -0.05) is 12.2 Å². The lowest BCUT2D eigenvalue weighted by Gasteiger charge is -2.22. The molecule has 2 N–H and O–H groups in total. The van der Waals surface area contributed by atoms with Crippen LogP contribution in [-0.2, 0) is 9.47 Å². The number of methoxy groups -OCH3 is 2. The van der Waals surface area contributed by atoms with Crippen molar-refractivity contribution >= 4 is 23.2 Å². The summed E-state index contributed by atoms with van der Waals surface area (Å²) in [6.07, 6.45) is 1.64. The van der Waals surface area contributed by atoms with Crippen LogP contribution in [0.2, 0.25) is 0 Å². The molecule has 0 aliphatic rings. The van der Waals surface area contributed by atoms with Gasteiger partial charge in [0.2, 0.25) is 5.95 Å². The van der Waals surface area contributed by atoms with E-state index in [0.29, 0.717) is 37.9 Å². The molecule has 0 fully saturated rings. The van der Waals surface area contributed by atoms with Crippen LogP contribution in [0.1, 0.15) is 5.69 Å². The summed E-state index contributed by atoms with van der Waals surface area (Å²) in [6.45, 7) is 2.54. The molecule has 18 heavy (non-hydrogen) atoms. The van der Waals surface area contributed by atoms with Gasteiger partial charge in [-0.05, 0) is 6.07 Å². The number of hydrogen-bond acceptors (Lipinski definition) is 6. The van der Waals surface area contributed by atoms with Crippen LogP contribution in [0.15, 0.2) is 12.3 Å². The molecule has 0 aromatic carbocycles. The van der Waals surface area contributed by atoms with Gasteiger partial charge in [-0.25, -0.2) is 9.97 Å². The summed E-state index contributed by atoms with van der Waals surface area (Å²) in [5.41, 5.74) is 6.12. The minimum Gasteiger partial charge on any atom is -0.388 e. The molecule has 100 valence electrons. The van der Waals surface area contributed by atoms with Gasteiger partial charge in [0.15, 0.2) is 0 Å². The van der Waals surface area contributed by atoms with Crippen molar-refractivity contribution in [2.24, 2.45) is 5.73 Å². The molecule has 0 saturated carbocycles. The number of nitrogens with two attached hydrogens (primary N) is 1. The van der Waals surface area contributed by atoms with Crippen molar-refractivity contribution in [3.05, 3.63) is 18.0 Å². The molecule has 0 spiro atoms. The molecular formula is C11H18N4O2S. The van der Waals surface area contributed by atoms with E-state index in [2.05, 4.69) is 9.97 Å². The Morgan fingerprint density at radius 1 is 1.33 bits per heavy atom. The molecule has 0 aliphatic heterocycles. The van der Waals surface area contributed by atoms with E-state index in [1.54, 1.807) is 26.5 Å². The van der Waals surface area contributed by atoms with E-state index in [-0.39, 0.29) is 4.99 Å². The Bertz CT molecular complexity index is 381. The molecule has 0 bridgehead atoms. The fourth-order valence-electron chi connectivity index (χ4n) is 1.35. The SMILES string of the molecule is COCCN(CCOC)c1nccc(C(N)=S)n1. The molecule has 7 heteroatoms. The van der Waals surface area contributed by atoms with E-state index < -0.39 is 0 Å². The van der Waals surface area contributed by atoms with Gasteiger partial charge < -0.3 is 20.1 Å². The van der Waals surface area contributed by atoms with E-state index in [9.17, 15) is 0 Å². The molecule has 0 atom stereocenters. The van der Waals surface area contributed by atoms with Gasteiger partial charge in [0, 0.05) is 33.5 Å². The maximum atomic E-state index is 5.56. The van der Waals surface area contributed by atoms with Crippen LogP contribution in [0.4, 0.5) is 5.95 Å². The zero-order valence-electron chi connectivity index (χ0n) is 10.6. The lowest BCUT2D eigenvalue weighted by atomic mass is 10.4. The average Bonchev–Trinajstić information content (AvgIpc) is 2.39. The quantitative estimate of drug-likeness (QED) is 0.677. The molecular weight excluding hydrogens is 252 g/mol. The Morgan fingerprint density at radius 3 is 2.44 bits per heavy atom. The van der Waals surface area contributed by atoms with Crippen molar-refractivity contribution in [2.45, 2.75) is 0 Å². The molecule has 0 saturated heterocycles. The molecule has 0 unspecified atom stereocenters. The van der Waals surface area contributed by atoms with Crippen LogP contribution in [0.3, 0.4) is 0 Å². The van der Waals surface area contributed by atoms with Crippen LogP contribution < -0.4 is 10.6 Å². The van der Waals surface area contributed by atoms with Crippen molar-refractivity contribution in [1.82, 2.24) is 9.97 Å². The predicted molar refractivity (Wildman–Crippen MR) is 73.9 cm³/mol. The molecule has 1 aromatic heterocycles. The highest BCUT2D eigenvalue weighted by molar-refractivity contribution is 7.80. The minimum atomic E-state index is 0.261. The number of thiocarbonyl (C=S) groups is 1. The number of ether oxygens (including phenoxy) is 2. The molecule has 1 aromatic rings. The van der Waals surface area contributed by atoms with Crippen molar-refractivity contribution in [1.29, 1.82) is 0 Å². The molecule has 0 aliphatic carbocycles. The monoisotopic (exact) mass is 270 g/mol. The maximum Gasteiger partial charge on any atom is 0.226 e. The minimum absolute atomic E-state index is 0.261. The fourth-order valence-corrected chi connectivity index (χ4v) is 1.47. The van der Waals surface area contributed by atoms with Crippen LogP contribution >= 0.6 is 12.2 Å². The predicted octanol–water partition coefficient (Wildman–Crippen LogP) is 0.210. The van der Waals surface area contributed by atoms with Crippen LogP contribution in [0.25, 0.3) is 0 Å². The highest BCUT2D eigenvalue weighted by Crippen LogP contribution is 2.07. The smallest absolute Gasteiger partial charge is 0.226 e. The Kier molecular flexibility index (Phi) is 6.48. The standard InChI is InChI=1S/C11H18N4O2S/c1-16-7-5-15(6-8-17-2)11-13-4-3-9(14-11)10(12)18/h3-4H,5-8H2,1-2H3,(H2,12,18). The van der Waals surface area contributed by atoms with E-state index in [1.807, 2.05) is 4.90 Å². The summed E-state index contributed by atoms with van der Waals surface area (Å²) in [7, 11) is 3.31. The lowest BCUT2D eigenvalue weighted by molar-refractivity contribution is 0.189. The third-order valence-electron chi connectivity index (χ3n) is 2.31. The normalized spacial score (nSPS) is 10.3. The number of nitrogens with zero attached hydrogens (tertiary/aromatic N) is 3. The summed E-state index contributed by atoms with van der Waals surface area (Å²) in [5, 5.41) is 0. The molecule has 1 heterocycles. The summed E-state index contributed by atoms with van der Waals surface area (Å²) in [5.74, 6) is 0.578.